The first-order valence-electron chi connectivity index (χ1n) is 5.59. The number of nitrogens with one attached hydrogen (secondary N) is 1. The second-order valence-electron chi connectivity index (χ2n) is 4.22. The van der Waals surface area contributed by atoms with Gasteiger partial charge in [-0.15, -0.1) is 0 Å². The van der Waals surface area contributed by atoms with Gasteiger partial charge in [0.2, 0.25) is 10.0 Å². The number of rotatable bonds is 4. The highest BCUT2D eigenvalue weighted by atomic mass is 32.2. The van der Waals surface area contributed by atoms with Gasteiger partial charge in [-0.1, -0.05) is 0 Å². The van der Waals surface area contributed by atoms with E-state index in [0.29, 0.717) is 11.4 Å². The number of thiophene rings is 1. The summed E-state index contributed by atoms with van der Waals surface area (Å²) in [7, 11) is -3.72. The molecule has 0 spiro atoms. The van der Waals surface area contributed by atoms with Gasteiger partial charge in [0.05, 0.1) is 16.3 Å². The van der Waals surface area contributed by atoms with Gasteiger partial charge >= 0.3 is 0 Å². The third kappa shape index (κ3) is 3.25. The monoisotopic (exact) mass is 297 g/mol. The Morgan fingerprint density at radius 1 is 1.32 bits per heavy atom. The molecular weight excluding hydrogens is 282 g/mol. The molecule has 0 fully saturated rings. The smallest absolute Gasteiger partial charge is 0.238 e. The summed E-state index contributed by atoms with van der Waals surface area (Å²) in [6, 6.07) is 6.54. The van der Waals surface area contributed by atoms with Crippen molar-refractivity contribution < 1.29 is 8.42 Å². The number of sulfonamides is 1. The molecule has 2 aromatic rings. The van der Waals surface area contributed by atoms with Crippen molar-refractivity contribution >= 4 is 32.7 Å². The van der Waals surface area contributed by atoms with E-state index in [2.05, 4.69) is 5.32 Å². The molecule has 19 heavy (non-hydrogen) atoms. The van der Waals surface area contributed by atoms with Crippen LogP contribution in [0.4, 0.5) is 11.4 Å². The normalized spacial score (nSPS) is 13.2. The van der Waals surface area contributed by atoms with Crippen molar-refractivity contribution in [1.29, 1.82) is 0 Å². The summed E-state index contributed by atoms with van der Waals surface area (Å²) in [6.45, 7) is 2.01. The van der Waals surface area contributed by atoms with Crippen LogP contribution in [0, 0.1) is 0 Å². The maximum absolute atomic E-state index is 11.2. The molecule has 1 aromatic carbocycles. The van der Waals surface area contributed by atoms with E-state index in [0.717, 1.165) is 5.56 Å². The van der Waals surface area contributed by atoms with E-state index < -0.39 is 10.0 Å². The molecule has 0 radical (unpaired) electrons. The Balaban J connectivity index is 2.23. The van der Waals surface area contributed by atoms with Gasteiger partial charge in [0.15, 0.2) is 0 Å². The van der Waals surface area contributed by atoms with Gasteiger partial charge in [-0.2, -0.15) is 11.3 Å². The average Bonchev–Trinajstić information content (AvgIpc) is 2.84. The Morgan fingerprint density at radius 2 is 2.05 bits per heavy atom. The van der Waals surface area contributed by atoms with Crippen molar-refractivity contribution in [3.05, 3.63) is 40.6 Å². The standard InChI is InChI=1S/C12H15N3O2S2/c1-8(9-4-5-18-7-9)15-12-3-2-10(6-11(12)13)19(14,16)17/h2-8,15H,13H2,1H3,(H2,14,16,17). The Hall–Kier alpha value is -1.57. The van der Waals surface area contributed by atoms with E-state index in [1.54, 1.807) is 17.4 Å². The summed E-state index contributed by atoms with van der Waals surface area (Å²) < 4.78 is 22.4. The molecule has 1 aromatic heterocycles. The number of hydrogen-bond donors (Lipinski definition) is 3. The average molecular weight is 297 g/mol. The Kier molecular flexibility index (Phi) is 3.79. The van der Waals surface area contributed by atoms with Gasteiger partial charge in [-0.05, 0) is 47.5 Å². The molecule has 1 atom stereocenters. The van der Waals surface area contributed by atoms with E-state index in [1.165, 1.54) is 12.1 Å². The Morgan fingerprint density at radius 3 is 2.58 bits per heavy atom. The fourth-order valence-corrected chi connectivity index (χ4v) is 2.99. The van der Waals surface area contributed by atoms with Gasteiger partial charge in [0.1, 0.15) is 0 Å². The first-order valence-corrected chi connectivity index (χ1v) is 8.08. The lowest BCUT2D eigenvalue weighted by atomic mass is 10.1. The van der Waals surface area contributed by atoms with Gasteiger partial charge in [-0.25, -0.2) is 13.6 Å². The maximum Gasteiger partial charge on any atom is 0.238 e. The van der Waals surface area contributed by atoms with E-state index in [9.17, 15) is 8.42 Å². The number of nitrogens with two attached hydrogens (primary N) is 2. The lowest BCUT2D eigenvalue weighted by molar-refractivity contribution is 0.598. The summed E-state index contributed by atoms with van der Waals surface area (Å²) in [5.41, 5.74) is 8.03. The molecule has 0 aliphatic carbocycles. The summed E-state index contributed by atoms with van der Waals surface area (Å²) in [4.78, 5) is 0.0127. The Bertz CT molecular complexity index is 666. The molecular formula is C12H15N3O2S2. The fourth-order valence-electron chi connectivity index (χ4n) is 1.69. The highest BCUT2D eigenvalue weighted by Crippen LogP contribution is 2.27. The van der Waals surface area contributed by atoms with Crippen LogP contribution in [0.1, 0.15) is 18.5 Å². The minimum Gasteiger partial charge on any atom is -0.397 e. The molecule has 0 aliphatic rings. The van der Waals surface area contributed by atoms with E-state index in [4.69, 9.17) is 10.9 Å². The number of hydrogen-bond acceptors (Lipinski definition) is 5. The summed E-state index contributed by atoms with van der Waals surface area (Å²) in [5, 5.41) is 12.3. The van der Waals surface area contributed by atoms with Crippen LogP contribution in [-0.4, -0.2) is 8.42 Å². The van der Waals surface area contributed by atoms with E-state index in [-0.39, 0.29) is 10.9 Å². The van der Waals surface area contributed by atoms with Crippen LogP contribution in [0.3, 0.4) is 0 Å². The largest absolute Gasteiger partial charge is 0.397 e. The van der Waals surface area contributed by atoms with E-state index in [1.807, 2.05) is 23.8 Å². The molecule has 0 saturated carbocycles. The molecule has 0 bridgehead atoms. The number of anilines is 2. The minimum absolute atomic E-state index is 0.0127. The van der Waals surface area contributed by atoms with E-state index >= 15 is 0 Å². The van der Waals surface area contributed by atoms with Crippen LogP contribution in [0.25, 0.3) is 0 Å². The van der Waals surface area contributed by atoms with Gasteiger partial charge in [0.25, 0.3) is 0 Å². The molecule has 2 rings (SSSR count). The molecule has 0 amide bonds. The molecule has 102 valence electrons. The predicted octanol–water partition coefficient (Wildman–Crippen LogP) is 2.15. The second kappa shape index (κ2) is 5.20. The van der Waals surface area contributed by atoms with Crippen molar-refractivity contribution in [2.45, 2.75) is 17.9 Å². The molecule has 0 saturated heterocycles. The van der Waals surface area contributed by atoms with Gasteiger partial charge in [0, 0.05) is 6.04 Å². The highest BCUT2D eigenvalue weighted by Gasteiger charge is 2.12. The SMILES string of the molecule is CC(Nc1ccc(S(N)(=O)=O)cc1N)c1ccsc1. The van der Waals surface area contributed by atoms with Crippen LogP contribution < -0.4 is 16.2 Å². The number of benzene rings is 1. The van der Waals surface area contributed by atoms with Crippen LogP contribution in [0.2, 0.25) is 0 Å². The zero-order valence-corrected chi connectivity index (χ0v) is 12.0. The molecule has 1 unspecified atom stereocenters. The van der Waals surface area contributed by atoms with Gasteiger partial charge in [-0.3, -0.25) is 0 Å². The minimum atomic E-state index is -3.72. The molecule has 0 aliphatic heterocycles. The topological polar surface area (TPSA) is 98.2 Å². The summed E-state index contributed by atoms with van der Waals surface area (Å²) in [5.74, 6) is 0. The molecule has 1 heterocycles. The quantitative estimate of drug-likeness (QED) is 0.753. The van der Waals surface area contributed by atoms with Crippen molar-refractivity contribution in [3.63, 3.8) is 0 Å². The molecule has 7 heteroatoms. The first kappa shape index (κ1) is 13.9. The van der Waals surface area contributed by atoms with Crippen molar-refractivity contribution in [2.75, 3.05) is 11.1 Å². The van der Waals surface area contributed by atoms with Crippen molar-refractivity contribution in [1.82, 2.24) is 0 Å². The predicted molar refractivity (Wildman–Crippen MR) is 78.6 cm³/mol. The van der Waals surface area contributed by atoms with Crippen LogP contribution in [0.5, 0.6) is 0 Å². The lowest BCUT2D eigenvalue weighted by Gasteiger charge is -2.16. The summed E-state index contributed by atoms with van der Waals surface area (Å²) in [6.07, 6.45) is 0. The van der Waals surface area contributed by atoms with Crippen molar-refractivity contribution in [3.8, 4) is 0 Å². The third-order valence-corrected chi connectivity index (χ3v) is 4.38. The zero-order valence-electron chi connectivity index (χ0n) is 10.3. The van der Waals surface area contributed by atoms with Crippen molar-refractivity contribution in [2.24, 2.45) is 5.14 Å². The number of nitrogen functional groups attached to an aromatic ring is 1. The third-order valence-electron chi connectivity index (χ3n) is 2.77. The second-order valence-corrected chi connectivity index (χ2v) is 6.56. The lowest BCUT2D eigenvalue weighted by Crippen LogP contribution is -2.13. The van der Waals surface area contributed by atoms with Crippen LogP contribution >= 0.6 is 11.3 Å². The summed E-state index contributed by atoms with van der Waals surface area (Å²) >= 11 is 1.62. The zero-order chi connectivity index (χ0) is 14.0. The first-order chi connectivity index (χ1) is 8.88. The van der Waals surface area contributed by atoms with Crippen LogP contribution in [0.15, 0.2) is 39.9 Å². The highest BCUT2D eigenvalue weighted by molar-refractivity contribution is 7.89. The van der Waals surface area contributed by atoms with Gasteiger partial charge < -0.3 is 11.1 Å². The fraction of sp³-hybridized carbons (Fsp3) is 0.167. The maximum atomic E-state index is 11.2. The molecule has 5 nitrogen and oxygen atoms in total. The Labute approximate surface area is 116 Å². The molecule has 5 N–H and O–H groups in total. The number of primary sulfonamides is 1. The van der Waals surface area contributed by atoms with Crippen LogP contribution in [-0.2, 0) is 10.0 Å².